The van der Waals surface area contributed by atoms with Gasteiger partial charge in [-0.2, -0.15) is 4.99 Å². The highest BCUT2D eigenvalue weighted by molar-refractivity contribution is 14.1. The van der Waals surface area contributed by atoms with Crippen LogP contribution in [0.3, 0.4) is 0 Å². The van der Waals surface area contributed by atoms with Crippen molar-refractivity contribution in [1.82, 2.24) is 4.57 Å². The van der Waals surface area contributed by atoms with Crippen LogP contribution >= 0.6 is 57.1 Å². The van der Waals surface area contributed by atoms with Crippen LogP contribution in [0.4, 0.5) is 0 Å². The molecule has 0 aliphatic rings. The number of halogens is 3. The largest absolute Gasteiger partial charge is 0.380 e. The number of amides is 1. The summed E-state index contributed by atoms with van der Waals surface area (Å²) in [5.41, 5.74) is 1.35. The van der Waals surface area contributed by atoms with Crippen molar-refractivity contribution in [3.63, 3.8) is 0 Å². The van der Waals surface area contributed by atoms with Gasteiger partial charge in [0.25, 0.3) is 5.91 Å². The van der Waals surface area contributed by atoms with Gasteiger partial charge < -0.3 is 9.30 Å². The third kappa shape index (κ3) is 4.14. The maximum absolute atomic E-state index is 12.7. The van der Waals surface area contributed by atoms with Crippen molar-refractivity contribution in [2.45, 2.75) is 13.5 Å². The summed E-state index contributed by atoms with van der Waals surface area (Å²) in [6.45, 7) is 3.58. The zero-order valence-corrected chi connectivity index (χ0v) is 18.3. The Morgan fingerprint density at radius 3 is 2.77 bits per heavy atom. The summed E-state index contributed by atoms with van der Waals surface area (Å²) in [4.78, 5) is 17.6. The third-order valence-corrected chi connectivity index (χ3v) is 6.48. The first-order valence-electron chi connectivity index (χ1n) is 7.91. The fourth-order valence-electron chi connectivity index (χ4n) is 2.48. The Morgan fingerprint density at radius 1 is 1.27 bits per heavy atom. The third-order valence-electron chi connectivity index (χ3n) is 3.70. The van der Waals surface area contributed by atoms with E-state index in [2.05, 4.69) is 27.6 Å². The number of hydrogen-bond acceptors (Lipinski definition) is 3. The quantitative estimate of drug-likeness (QED) is 0.334. The number of thiazole rings is 1. The SMILES string of the molecule is CCOCCn1c(=NC(=O)c2ccccc2I)sc2ccc(Cl)c(Cl)c21. The fraction of sp³-hybridized carbons (Fsp3) is 0.222. The molecule has 1 heterocycles. The van der Waals surface area contributed by atoms with Gasteiger partial charge in [0.1, 0.15) is 0 Å². The maximum atomic E-state index is 12.7. The minimum atomic E-state index is -0.283. The molecule has 4 nitrogen and oxygen atoms in total. The van der Waals surface area contributed by atoms with Crippen LogP contribution in [0.15, 0.2) is 41.4 Å². The van der Waals surface area contributed by atoms with Gasteiger partial charge in [0.05, 0.1) is 32.4 Å². The molecule has 0 radical (unpaired) electrons. The van der Waals surface area contributed by atoms with Gasteiger partial charge in [-0.15, -0.1) is 0 Å². The first-order chi connectivity index (χ1) is 12.5. The molecule has 0 saturated carbocycles. The van der Waals surface area contributed by atoms with Crippen molar-refractivity contribution in [2.24, 2.45) is 4.99 Å². The minimum absolute atomic E-state index is 0.283. The van der Waals surface area contributed by atoms with Crippen molar-refractivity contribution < 1.29 is 9.53 Å². The zero-order valence-electron chi connectivity index (χ0n) is 13.8. The van der Waals surface area contributed by atoms with Gasteiger partial charge in [0.15, 0.2) is 4.80 Å². The highest BCUT2D eigenvalue weighted by Crippen LogP contribution is 2.32. The second kappa shape index (κ2) is 8.84. The van der Waals surface area contributed by atoms with Crippen LogP contribution in [0.25, 0.3) is 10.2 Å². The van der Waals surface area contributed by atoms with Crippen molar-refractivity contribution in [3.8, 4) is 0 Å². The molecule has 0 saturated heterocycles. The lowest BCUT2D eigenvalue weighted by Gasteiger charge is -2.07. The molecule has 26 heavy (non-hydrogen) atoms. The summed E-state index contributed by atoms with van der Waals surface area (Å²) >= 11 is 16.1. The number of ether oxygens (including phenoxy) is 1. The van der Waals surface area contributed by atoms with Gasteiger partial charge in [0.2, 0.25) is 0 Å². The van der Waals surface area contributed by atoms with E-state index in [9.17, 15) is 4.79 Å². The van der Waals surface area contributed by atoms with Crippen molar-refractivity contribution in [3.05, 3.63) is 60.4 Å². The molecule has 1 amide bonds. The highest BCUT2D eigenvalue weighted by atomic mass is 127. The van der Waals surface area contributed by atoms with Gasteiger partial charge in [0, 0.05) is 16.7 Å². The van der Waals surface area contributed by atoms with Crippen molar-refractivity contribution in [1.29, 1.82) is 0 Å². The molecule has 0 aliphatic carbocycles. The molecule has 0 aliphatic heterocycles. The molecule has 0 bridgehead atoms. The summed E-state index contributed by atoms with van der Waals surface area (Å²) in [7, 11) is 0. The number of aromatic nitrogens is 1. The molecular weight excluding hydrogens is 506 g/mol. The van der Waals surface area contributed by atoms with Crippen LogP contribution in [0.5, 0.6) is 0 Å². The maximum Gasteiger partial charge on any atom is 0.280 e. The Hall–Kier alpha value is -0.930. The first kappa shape index (κ1) is 19.8. The van der Waals surface area contributed by atoms with Gasteiger partial charge >= 0.3 is 0 Å². The summed E-state index contributed by atoms with van der Waals surface area (Å²) in [5.74, 6) is -0.283. The number of carbonyl (C=O) groups is 1. The average Bonchev–Trinajstić information content (AvgIpc) is 2.97. The second-order valence-electron chi connectivity index (χ2n) is 5.34. The summed E-state index contributed by atoms with van der Waals surface area (Å²) < 4.78 is 9.15. The molecule has 3 aromatic rings. The lowest BCUT2D eigenvalue weighted by molar-refractivity contribution is 0.0996. The fourth-order valence-corrected chi connectivity index (χ4v) is 4.63. The molecule has 0 unspecified atom stereocenters. The molecule has 1 aromatic heterocycles. The topological polar surface area (TPSA) is 43.6 Å². The molecule has 0 fully saturated rings. The van der Waals surface area contributed by atoms with E-state index in [0.29, 0.717) is 40.2 Å². The van der Waals surface area contributed by atoms with Gasteiger partial charge in [-0.1, -0.05) is 46.7 Å². The Labute approximate surface area is 178 Å². The number of nitrogens with zero attached hydrogens (tertiary/aromatic N) is 2. The molecular formula is C18H15Cl2IN2O2S. The Balaban J connectivity index is 2.15. The van der Waals surface area contributed by atoms with E-state index in [1.165, 1.54) is 11.3 Å². The summed E-state index contributed by atoms with van der Waals surface area (Å²) in [5, 5.41) is 0.928. The van der Waals surface area contributed by atoms with Gasteiger partial charge in [-0.25, -0.2) is 0 Å². The highest BCUT2D eigenvalue weighted by Gasteiger charge is 2.14. The molecule has 8 heteroatoms. The smallest absolute Gasteiger partial charge is 0.280 e. The molecule has 2 aromatic carbocycles. The molecule has 0 N–H and O–H groups in total. The van der Waals surface area contributed by atoms with E-state index >= 15 is 0 Å². The lowest BCUT2D eigenvalue weighted by Crippen LogP contribution is -2.20. The van der Waals surface area contributed by atoms with Crippen LogP contribution in [-0.4, -0.2) is 23.7 Å². The van der Waals surface area contributed by atoms with E-state index in [-0.39, 0.29) is 5.91 Å². The standard InChI is InChI=1S/C18H15Cl2IN2O2S/c1-2-25-10-9-23-16-14(8-7-12(19)15(16)20)26-18(23)22-17(24)11-5-3-4-6-13(11)21/h3-8H,2,9-10H2,1H3. The lowest BCUT2D eigenvalue weighted by atomic mass is 10.2. The average molecular weight is 521 g/mol. The van der Waals surface area contributed by atoms with Crippen LogP contribution in [0.1, 0.15) is 17.3 Å². The molecule has 0 atom stereocenters. The first-order valence-corrected chi connectivity index (χ1v) is 10.6. The predicted molar refractivity (Wildman–Crippen MR) is 115 cm³/mol. The van der Waals surface area contributed by atoms with Crippen molar-refractivity contribution in [2.75, 3.05) is 13.2 Å². The normalized spacial score (nSPS) is 12.1. The monoisotopic (exact) mass is 520 g/mol. The predicted octanol–water partition coefficient (Wildman–Crippen LogP) is 5.39. The van der Waals surface area contributed by atoms with E-state index in [1.807, 2.05) is 35.8 Å². The second-order valence-corrected chi connectivity index (χ2v) is 8.29. The summed E-state index contributed by atoms with van der Waals surface area (Å²) in [6, 6.07) is 11.0. The Kier molecular flexibility index (Phi) is 6.74. The number of benzene rings is 2. The molecule has 136 valence electrons. The zero-order chi connectivity index (χ0) is 18.7. The number of hydrogen-bond donors (Lipinski definition) is 0. The molecule has 0 spiro atoms. The van der Waals surface area contributed by atoms with Gasteiger partial charge in [-0.05, 0) is 53.8 Å². The van der Waals surface area contributed by atoms with E-state index in [0.717, 1.165) is 13.8 Å². The Bertz CT molecular complexity index is 1030. The number of rotatable bonds is 5. The van der Waals surface area contributed by atoms with E-state index < -0.39 is 0 Å². The van der Waals surface area contributed by atoms with E-state index in [4.69, 9.17) is 27.9 Å². The number of carbonyl (C=O) groups excluding carboxylic acids is 1. The van der Waals surface area contributed by atoms with E-state index in [1.54, 1.807) is 12.1 Å². The molecule has 3 rings (SSSR count). The van der Waals surface area contributed by atoms with Crippen LogP contribution in [0, 0.1) is 3.57 Å². The van der Waals surface area contributed by atoms with Crippen molar-refractivity contribution >= 4 is 73.3 Å². The van der Waals surface area contributed by atoms with Crippen LogP contribution in [-0.2, 0) is 11.3 Å². The van der Waals surface area contributed by atoms with Crippen LogP contribution in [0.2, 0.25) is 10.0 Å². The summed E-state index contributed by atoms with van der Waals surface area (Å²) in [6.07, 6.45) is 0. The minimum Gasteiger partial charge on any atom is -0.380 e. The number of fused-ring (bicyclic) bond motifs is 1. The van der Waals surface area contributed by atoms with Gasteiger partial charge in [-0.3, -0.25) is 4.79 Å². The van der Waals surface area contributed by atoms with Crippen LogP contribution < -0.4 is 4.80 Å². The Morgan fingerprint density at radius 2 is 2.04 bits per heavy atom.